The molecule has 1 aliphatic heterocycles. The quantitative estimate of drug-likeness (QED) is 0.797. The van der Waals surface area contributed by atoms with Gasteiger partial charge < -0.3 is 19.9 Å². The fourth-order valence-corrected chi connectivity index (χ4v) is 2.16. The van der Waals surface area contributed by atoms with Gasteiger partial charge in [-0.2, -0.15) is 0 Å². The first-order valence-corrected chi connectivity index (χ1v) is 5.86. The minimum atomic E-state index is -0.0558. The van der Waals surface area contributed by atoms with Gasteiger partial charge >= 0.3 is 0 Å². The fourth-order valence-electron chi connectivity index (χ4n) is 2.16. The van der Waals surface area contributed by atoms with Gasteiger partial charge in [-0.05, 0) is 11.1 Å². The predicted octanol–water partition coefficient (Wildman–Crippen LogP) is 0.855. The van der Waals surface area contributed by atoms with Crippen LogP contribution >= 0.6 is 0 Å². The third-order valence-electron chi connectivity index (χ3n) is 3.00. The van der Waals surface area contributed by atoms with Crippen LogP contribution < -0.4 is 5.32 Å². The van der Waals surface area contributed by atoms with E-state index in [1.54, 1.807) is 7.11 Å². The molecule has 0 aliphatic carbocycles. The van der Waals surface area contributed by atoms with Crippen LogP contribution in [-0.2, 0) is 16.1 Å². The number of fused-ring (bicyclic) bond motifs is 1. The second kappa shape index (κ2) is 6.12. The summed E-state index contributed by atoms with van der Waals surface area (Å²) in [5.41, 5.74) is 2.47. The van der Waals surface area contributed by atoms with Crippen molar-refractivity contribution in [2.45, 2.75) is 18.7 Å². The zero-order chi connectivity index (χ0) is 12.1. The number of ether oxygens (including phenoxy) is 2. The average molecular weight is 237 g/mol. The van der Waals surface area contributed by atoms with E-state index >= 15 is 0 Å². The lowest BCUT2D eigenvalue weighted by atomic mass is 9.98. The maximum Gasteiger partial charge on any atom is 0.0721 e. The van der Waals surface area contributed by atoms with Gasteiger partial charge in [0.05, 0.1) is 38.5 Å². The standard InChI is InChI=1S/C13H19NO3/c1-16-8-11(6-15)14-13-9-17-7-10-4-2-3-5-12(10)13/h2-5,11,13-15H,6-9H2,1H3. The number of aliphatic hydroxyl groups excluding tert-OH is 1. The summed E-state index contributed by atoms with van der Waals surface area (Å²) in [6.07, 6.45) is 0. The molecule has 94 valence electrons. The summed E-state index contributed by atoms with van der Waals surface area (Å²) in [5.74, 6) is 0. The highest BCUT2D eigenvalue weighted by Gasteiger charge is 2.22. The smallest absolute Gasteiger partial charge is 0.0721 e. The minimum Gasteiger partial charge on any atom is -0.395 e. The van der Waals surface area contributed by atoms with Crippen molar-refractivity contribution in [1.29, 1.82) is 0 Å². The summed E-state index contributed by atoms with van der Waals surface area (Å²) in [6, 6.07) is 8.31. The number of aliphatic hydroxyl groups is 1. The van der Waals surface area contributed by atoms with Crippen molar-refractivity contribution in [3.8, 4) is 0 Å². The van der Waals surface area contributed by atoms with Crippen molar-refractivity contribution < 1.29 is 14.6 Å². The summed E-state index contributed by atoms with van der Waals surface area (Å²) >= 11 is 0. The molecule has 0 amide bonds. The molecule has 0 radical (unpaired) electrons. The number of hydrogen-bond donors (Lipinski definition) is 2. The molecule has 1 heterocycles. The SMILES string of the molecule is COCC(CO)NC1COCc2ccccc21. The molecule has 0 aromatic heterocycles. The Balaban J connectivity index is 2.07. The van der Waals surface area contributed by atoms with Gasteiger partial charge in [0.2, 0.25) is 0 Å². The van der Waals surface area contributed by atoms with Crippen LogP contribution in [0.3, 0.4) is 0 Å². The van der Waals surface area contributed by atoms with Gasteiger partial charge in [0.1, 0.15) is 0 Å². The zero-order valence-electron chi connectivity index (χ0n) is 10.1. The molecule has 0 fully saturated rings. The molecular weight excluding hydrogens is 218 g/mol. The molecular formula is C13H19NO3. The fraction of sp³-hybridized carbons (Fsp3) is 0.538. The molecule has 2 rings (SSSR count). The van der Waals surface area contributed by atoms with Crippen molar-refractivity contribution >= 4 is 0 Å². The van der Waals surface area contributed by atoms with Crippen molar-refractivity contribution in [2.24, 2.45) is 0 Å². The van der Waals surface area contributed by atoms with E-state index in [1.165, 1.54) is 11.1 Å². The largest absolute Gasteiger partial charge is 0.395 e. The Kier molecular flexibility index (Phi) is 4.50. The summed E-state index contributed by atoms with van der Waals surface area (Å²) < 4.78 is 10.6. The monoisotopic (exact) mass is 237 g/mol. The van der Waals surface area contributed by atoms with E-state index in [9.17, 15) is 5.11 Å². The number of rotatable bonds is 5. The second-order valence-corrected chi connectivity index (χ2v) is 4.27. The van der Waals surface area contributed by atoms with Crippen molar-refractivity contribution in [1.82, 2.24) is 5.32 Å². The third-order valence-corrected chi connectivity index (χ3v) is 3.00. The Hall–Kier alpha value is -0.940. The summed E-state index contributed by atoms with van der Waals surface area (Å²) in [5, 5.41) is 12.6. The maximum atomic E-state index is 9.25. The van der Waals surface area contributed by atoms with E-state index < -0.39 is 0 Å². The highest BCUT2D eigenvalue weighted by Crippen LogP contribution is 2.24. The molecule has 4 heteroatoms. The first-order chi connectivity index (χ1) is 8.35. The van der Waals surface area contributed by atoms with E-state index in [-0.39, 0.29) is 18.7 Å². The minimum absolute atomic E-state index is 0.0558. The molecule has 17 heavy (non-hydrogen) atoms. The average Bonchev–Trinajstić information content (AvgIpc) is 2.38. The van der Waals surface area contributed by atoms with Crippen LogP contribution in [0.25, 0.3) is 0 Å². The van der Waals surface area contributed by atoms with Gasteiger partial charge in [0.25, 0.3) is 0 Å². The van der Waals surface area contributed by atoms with Crippen LogP contribution in [0.1, 0.15) is 17.2 Å². The lowest BCUT2D eigenvalue weighted by Crippen LogP contribution is -2.42. The molecule has 1 aromatic rings. The van der Waals surface area contributed by atoms with Crippen molar-refractivity contribution in [3.05, 3.63) is 35.4 Å². The van der Waals surface area contributed by atoms with Gasteiger partial charge in [-0.1, -0.05) is 24.3 Å². The Bertz CT molecular complexity index is 356. The van der Waals surface area contributed by atoms with Crippen LogP contribution in [0.4, 0.5) is 0 Å². The van der Waals surface area contributed by atoms with Crippen LogP contribution in [0, 0.1) is 0 Å². The van der Waals surface area contributed by atoms with Gasteiger partial charge in [-0.3, -0.25) is 0 Å². The summed E-state index contributed by atoms with van der Waals surface area (Å²) in [7, 11) is 1.63. The normalized spacial score (nSPS) is 20.9. The number of benzene rings is 1. The highest BCUT2D eigenvalue weighted by molar-refractivity contribution is 5.31. The van der Waals surface area contributed by atoms with Gasteiger partial charge in [0, 0.05) is 7.11 Å². The third kappa shape index (κ3) is 3.04. The van der Waals surface area contributed by atoms with Crippen molar-refractivity contribution in [3.63, 3.8) is 0 Å². The molecule has 0 saturated carbocycles. The molecule has 2 N–H and O–H groups in total. The zero-order valence-corrected chi connectivity index (χ0v) is 10.1. The molecule has 0 saturated heterocycles. The molecule has 0 spiro atoms. The van der Waals surface area contributed by atoms with Crippen LogP contribution in [0.15, 0.2) is 24.3 Å². The van der Waals surface area contributed by atoms with E-state index in [0.717, 1.165) is 0 Å². The Morgan fingerprint density at radius 2 is 2.35 bits per heavy atom. The molecule has 2 unspecified atom stereocenters. The summed E-state index contributed by atoms with van der Waals surface area (Å²) in [6.45, 7) is 1.86. The molecule has 1 aliphatic rings. The lowest BCUT2D eigenvalue weighted by Gasteiger charge is -2.29. The Morgan fingerprint density at radius 3 is 3.12 bits per heavy atom. The topological polar surface area (TPSA) is 50.7 Å². The Labute approximate surface area is 102 Å². The number of nitrogens with one attached hydrogen (secondary N) is 1. The molecule has 4 nitrogen and oxygen atoms in total. The predicted molar refractivity (Wildman–Crippen MR) is 64.7 cm³/mol. The first kappa shape index (κ1) is 12.5. The maximum absolute atomic E-state index is 9.25. The molecule has 2 atom stereocenters. The van der Waals surface area contributed by atoms with E-state index in [1.807, 2.05) is 12.1 Å². The lowest BCUT2D eigenvalue weighted by molar-refractivity contribution is 0.0625. The van der Waals surface area contributed by atoms with Crippen LogP contribution in [-0.4, -0.2) is 38.1 Å². The second-order valence-electron chi connectivity index (χ2n) is 4.27. The van der Waals surface area contributed by atoms with Crippen LogP contribution in [0.2, 0.25) is 0 Å². The van der Waals surface area contributed by atoms with Gasteiger partial charge in [-0.15, -0.1) is 0 Å². The first-order valence-electron chi connectivity index (χ1n) is 5.86. The van der Waals surface area contributed by atoms with Gasteiger partial charge in [0.15, 0.2) is 0 Å². The van der Waals surface area contributed by atoms with E-state index in [0.29, 0.717) is 19.8 Å². The van der Waals surface area contributed by atoms with E-state index in [4.69, 9.17) is 9.47 Å². The summed E-state index contributed by atoms with van der Waals surface area (Å²) in [4.78, 5) is 0. The van der Waals surface area contributed by atoms with E-state index in [2.05, 4.69) is 17.4 Å². The number of hydrogen-bond acceptors (Lipinski definition) is 4. The molecule has 1 aromatic carbocycles. The number of methoxy groups -OCH3 is 1. The van der Waals surface area contributed by atoms with Gasteiger partial charge in [-0.25, -0.2) is 0 Å². The highest BCUT2D eigenvalue weighted by atomic mass is 16.5. The Morgan fingerprint density at radius 1 is 1.53 bits per heavy atom. The molecule has 0 bridgehead atoms. The van der Waals surface area contributed by atoms with Crippen molar-refractivity contribution in [2.75, 3.05) is 26.9 Å². The van der Waals surface area contributed by atoms with Crippen LogP contribution in [0.5, 0.6) is 0 Å².